The van der Waals surface area contributed by atoms with E-state index in [4.69, 9.17) is 4.74 Å². The van der Waals surface area contributed by atoms with Crippen LogP contribution in [0.25, 0.3) is 17.3 Å². The van der Waals surface area contributed by atoms with E-state index < -0.39 is 0 Å². The lowest BCUT2D eigenvalue weighted by Gasteiger charge is -2.06. The number of aryl methyl sites for hydroxylation is 2. The number of esters is 1. The molecule has 0 radical (unpaired) electrons. The number of hydrogen-bond acceptors (Lipinski definition) is 5. The largest absolute Gasteiger partial charge is 0.463 e. The Morgan fingerprint density at radius 3 is 2.43 bits per heavy atom. The first-order valence-corrected chi connectivity index (χ1v) is 10.5. The van der Waals surface area contributed by atoms with Gasteiger partial charge in [-0.25, -0.2) is 9.78 Å². The maximum Gasteiger partial charge on any atom is 0.330 e. The minimum atomic E-state index is -0.376. The zero-order chi connectivity index (χ0) is 21.5. The lowest BCUT2D eigenvalue weighted by Crippen LogP contribution is -2.14. The van der Waals surface area contributed by atoms with Gasteiger partial charge in [0.25, 0.3) is 0 Å². The molecular weight excluding hydrogens is 396 g/mol. The third-order valence-corrected chi connectivity index (χ3v) is 5.31. The number of nitrogens with one attached hydrogen (secondary N) is 1. The second kappa shape index (κ2) is 9.98. The van der Waals surface area contributed by atoms with Crippen molar-refractivity contribution in [1.82, 2.24) is 4.98 Å². The van der Waals surface area contributed by atoms with Gasteiger partial charge >= 0.3 is 5.97 Å². The lowest BCUT2D eigenvalue weighted by atomic mass is 10.1. The van der Waals surface area contributed by atoms with Crippen LogP contribution >= 0.6 is 11.3 Å². The van der Waals surface area contributed by atoms with E-state index in [0.717, 1.165) is 26.7 Å². The molecule has 6 heteroatoms. The molecule has 0 fully saturated rings. The van der Waals surface area contributed by atoms with Gasteiger partial charge < -0.3 is 10.1 Å². The molecular formula is C24H24N2O3S. The SMILES string of the molecule is CCOC(=O)/C=C/c1ccc(NC(=O)Cc2sc(C)nc2-c2ccc(C)cc2)cc1. The number of ether oxygens (including phenoxy) is 1. The van der Waals surface area contributed by atoms with Crippen LogP contribution in [-0.4, -0.2) is 23.5 Å². The summed E-state index contributed by atoms with van der Waals surface area (Å²) in [4.78, 5) is 29.5. The highest BCUT2D eigenvalue weighted by atomic mass is 32.1. The molecule has 3 rings (SSSR count). The van der Waals surface area contributed by atoms with Crippen molar-refractivity contribution in [2.75, 3.05) is 11.9 Å². The third-order valence-electron chi connectivity index (χ3n) is 4.34. The number of anilines is 1. The topological polar surface area (TPSA) is 68.3 Å². The van der Waals surface area contributed by atoms with Gasteiger partial charge in [0.05, 0.1) is 23.7 Å². The summed E-state index contributed by atoms with van der Waals surface area (Å²) in [6, 6.07) is 15.4. The Morgan fingerprint density at radius 1 is 1.07 bits per heavy atom. The molecule has 0 bridgehead atoms. The molecule has 0 saturated carbocycles. The smallest absolute Gasteiger partial charge is 0.330 e. The molecule has 1 aromatic heterocycles. The van der Waals surface area contributed by atoms with Gasteiger partial charge in [-0.15, -0.1) is 11.3 Å². The predicted octanol–water partition coefficient (Wildman–Crippen LogP) is 5.18. The van der Waals surface area contributed by atoms with Gasteiger partial charge in [-0.3, -0.25) is 4.79 Å². The summed E-state index contributed by atoms with van der Waals surface area (Å²) in [6.07, 6.45) is 3.33. The quantitative estimate of drug-likeness (QED) is 0.422. The Kier molecular flexibility index (Phi) is 7.14. The molecule has 0 aliphatic carbocycles. The Labute approximate surface area is 180 Å². The fourth-order valence-electron chi connectivity index (χ4n) is 2.91. The fraction of sp³-hybridized carbons (Fsp3) is 0.208. The molecule has 1 amide bonds. The highest BCUT2D eigenvalue weighted by molar-refractivity contribution is 7.12. The van der Waals surface area contributed by atoms with Gasteiger partial charge in [0.15, 0.2) is 0 Å². The van der Waals surface area contributed by atoms with Crippen LogP contribution < -0.4 is 5.32 Å². The highest BCUT2D eigenvalue weighted by Gasteiger charge is 2.15. The standard InChI is InChI=1S/C24H24N2O3S/c1-4-29-23(28)14-9-18-7-12-20(13-8-18)26-22(27)15-21-24(25-17(3)30-21)19-10-5-16(2)6-11-19/h5-14H,4,15H2,1-3H3,(H,26,27)/b14-9+. The summed E-state index contributed by atoms with van der Waals surface area (Å²) in [5.74, 6) is -0.471. The van der Waals surface area contributed by atoms with Crippen molar-refractivity contribution in [2.45, 2.75) is 27.2 Å². The highest BCUT2D eigenvalue weighted by Crippen LogP contribution is 2.29. The molecule has 0 spiro atoms. The van der Waals surface area contributed by atoms with E-state index in [9.17, 15) is 9.59 Å². The van der Waals surface area contributed by atoms with Crippen molar-refractivity contribution < 1.29 is 14.3 Å². The monoisotopic (exact) mass is 420 g/mol. The second-order valence-corrected chi connectivity index (χ2v) is 8.09. The minimum Gasteiger partial charge on any atom is -0.463 e. The number of rotatable bonds is 7. The summed E-state index contributed by atoms with van der Waals surface area (Å²) in [6.45, 7) is 6.11. The maximum atomic E-state index is 12.6. The number of nitrogens with zero attached hydrogens (tertiary/aromatic N) is 1. The van der Waals surface area contributed by atoms with Crippen molar-refractivity contribution in [3.05, 3.63) is 75.6 Å². The van der Waals surface area contributed by atoms with Crippen LogP contribution in [0.15, 0.2) is 54.6 Å². The van der Waals surface area contributed by atoms with Gasteiger partial charge in [0, 0.05) is 22.2 Å². The molecule has 1 heterocycles. The van der Waals surface area contributed by atoms with Crippen LogP contribution in [0.3, 0.4) is 0 Å². The number of thiazole rings is 1. The van der Waals surface area contributed by atoms with E-state index in [-0.39, 0.29) is 18.3 Å². The zero-order valence-electron chi connectivity index (χ0n) is 17.3. The van der Waals surface area contributed by atoms with Crippen LogP contribution in [0, 0.1) is 13.8 Å². The van der Waals surface area contributed by atoms with Gasteiger partial charge in [-0.05, 0) is 44.5 Å². The first-order chi connectivity index (χ1) is 14.4. The molecule has 0 unspecified atom stereocenters. The van der Waals surface area contributed by atoms with Crippen LogP contribution in [0.4, 0.5) is 5.69 Å². The maximum absolute atomic E-state index is 12.6. The molecule has 3 aromatic rings. The number of amides is 1. The van der Waals surface area contributed by atoms with Crippen LogP contribution in [0.2, 0.25) is 0 Å². The van der Waals surface area contributed by atoms with Crippen LogP contribution in [0.5, 0.6) is 0 Å². The lowest BCUT2D eigenvalue weighted by molar-refractivity contribution is -0.137. The Morgan fingerprint density at radius 2 is 1.77 bits per heavy atom. The van der Waals surface area contributed by atoms with E-state index in [2.05, 4.69) is 10.3 Å². The summed E-state index contributed by atoms with van der Waals surface area (Å²) in [5, 5.41) is 3.86. The normalized spacial score (nSPS) is 10.9. The van der Waals surface area contributed by atoms with Crippen LogP contribution in [-0.2, 0) is 20.7 Å². The molecule has 5 nitrogen and oxygen atoms in total. The second-order valence-electron chi connectivity index (χ2n) is 6.80. The number of hydrogen-bond donors (Lipinski definition) is 1. The molecule has 1 N–H and O–H groups in total. The van der Waals surface area contributed by atoms with Gasteiger partial charge in [-0.1, -0.05) is 42.0 Å². The summed E-state index contributed by atoms with van der Waals surface area (Å²) < 4.78 is 4.86. The molecule has 2 aromatic carbocycles. The molecule has 0 aliphatic heterocycles. The van der Waals surface area contributed by atoms with Gasteiger partial charge in [-0.2, -0.15) is 0 Å². The summed E-state index contributed by atoms with van der Waals surface area (Å²) in [7, 11) is 0. The first-order valence-electron chi connectivity index (χ1n) is 9.72. The number of carbonyl (C=O) groups is 2. The van der Waals surface area contributed by atoms with E-state index in [1.165, 1.54) is 11.6 Å². The fourth-order valence-corrected chi connectivity index (χ4v) is 3.87. The van der Waals surface area contributed by atoms with Gasteiger partial charge in [0.2, 0.25) is 5.91 Å². The summed E-state index contributed by atoms with van der Waals surface area (Å²) in [5.41, 5.74) is 4.62. The first kappa shape index (κ1) is 21.5. The number of benzene rings is 2. The van der Waals surface area contributed by atoms with Crippen molar-refractivity contribution in [3.8, 4) is 11.3 Å². The molecule has 0 saturated heterocycles. The predicted molar refractivity (Wildman–Crippen MR) is 121 cm³/mol. The minimum absolute atomic E-state index is 0.0955. The Balaban J connectivity index is 1.65. The zero-order valence-corrected chi connectivity index (χ0v) is 18.1. The Bertz CT molecular complexity index is 1050. The van der Waals surface area contributed by atoms with Crippen LogP contribution in [0.1, 0.15) is 27.9 Å². The average Bonchev–Trinajstić information content (AvgIpc) is 3.08. The molecule has 30 heavy (non-hydrogen) atoms. The van der Waals surface area contributed by atoms with E-state index in [0.29, 0.717) is 12.3 Å². The number of aromatic nitrogens is 1. The average molecular weight is 421 g/mol. The Hall–Kier alpha value is -3.25. The van der Waals surface area contributed by atoms with Crippen molar-refractivity contribution >= 4 is 35.0 Å². The van der Waals surface area contributed by atoms with E-state index in [1.807, 2.05) is 62.4 Å². The molecule has 0 atom stereocenters. The molecule has 154 valence electrons. The van der Waals surface area contributed by atoms with E-state index in [1.54, 1.807) is 24.3 Å². The van der Waals surface area contributed by atoms with Crippen molar-refractivity contribution in [3.63, 3.8) is 0 Å². The van der Waals surface area contributed by atoms with E-state index >= 15 is 0 Å². The van der Waals surface area contributed by atoms with Crippen molar-refractivity contribution in [1.29, 1.82) is 0 Å². The van der Waals surface area contributed by atoms with Gasteiger partial charge in [0.1, 0.15) is 0 Å². The summed E-state index contributed by atoms with van der Waals surface area (Å²) >= 11 is 1.54. The third kappa shape index (κ3) is 5.87. The number of carbonyl (C=O) groups excluding carboxylic acids is 2. The van der Waals surface area contributed by atoms with Crippen molar-refractivity contribution in [2.24, 2.45) is 0 Å². The molecule has 0 aliphatic rings.